The van der Waals surface area contributed by atoms with Crippen molar-refractivity contribution in [1.82, 2.24) is 49.0 Å². The van der Waals surface area contributed by atoms with Crippen molar-refractivity contribution < 1.29 is 51.0 Å². The van der Waals surface area contributed by atoms with Crippen LogP contribution in [0.1, 0.15) is 0 Å². The Balaban J connectivity index is 0.000000152. The molecule has 10 aromatic heterocycles. The van der Waals surface area contributed by atoms with Gasteiger partial charge >= 0.3 is 42.1 Å². The summed E-state index contributed by atoms with van der Waals surface area (Å²) in [5.74, 6) is 1.04. The van der Waals surface area contributed by atoms with E-state index in [-0.39, 0.29) is 42.1 Å². The third-order valence-electron chi connectivity index (χ3n) is 16.5. The van der Waals surface area contributed by atoms with Gasteiger partial charge in [0, 0.05) is 73.0 Å². The third-order valence-corrected chi connectivity index (χ3v) is 16.5. The monoisotopic (exact) mass is 1570 g/mol. The van der Waals surface area contributed by atoms with Gasteiger partial charge in [-0.2, -0.15) is 0 Å². The zero-order chi connectivity index (χ0) is 60.9. The molecular formula is C80H46N10O2Pt2. The van der Waals surface area contributed by atoms with Crippen molar-refractivity contribution in [2.45, 2.75) is 0 Å². The largest absolute Gasteiger partial charge is 2.00 e. The normalized spacial score (nSPS) is 11.2. The van der Waals surface area contributed by atoms with Gasteiger partial charge in [-0.1, -0.05) is 94.2 Å². The van der Waals surface area contributed by atoms with Gasteiger partial charge in [-0.3, -0.25) is 29.9 Å². The van der Waals surface area contributed by atoms with E-state index in [0.717, 1.165) is 155 Å². The fourth-order valence-electron chi connectivity index (χ4n) is 12.1. The minimum absolute atomic E-state index is 0. The predicted molar refractivity (Wildman–Crippen MR) is 362 cm³/mol. The van der Waals surface area contributed by atoms with Crippen LogP contribution >= 0.6 is 0 Å². The number of benzene rings is 8. The minimum Gasteiger partial charge on any atom is -0.481 e. The Morgan fingerprint density at radius 2 is 0.798 bits per heavy atom. The number of rotatable bonds is 10. The molecule has 0 fully saturated rings. The average Bonchev–Trinajstić information content (AvgIpc) is 1.62. The maximum absolute atomic E-state index is 6.35. The minimum atomic E-state index is 0. The number of nitrogens with zero attached hydrogens (tertiary/aromatic N) is 10. The van der Waals surface area contributed by atoms with Gasteiger partial charge in [-0.05, 0) is 181 Å². The summed E-state index contributed by atoms with van der Waals surface area (Å²) in [6, 6.07) is 88.4. The number of hydrogen-bond acceptors (Lipinski definition) is 10. The molecule has 12 nitrogen and oxygen atoms in total. The summed E-state index contributed by atoms with van der Waals surface area (Å²) < 4.78 is 17.1. The number of oxazole rings is 2. The summed E-state index contributed by atoms with van der Waals surface area (Å²) in [7, 11) is 0. The van der Waals surface area contributed by atoms with Crippen LogP contribution < -0.4 is 0 Å². The van der Waals surface area contributed by atoms with E-state index in [4.69, 9.17) is 18.8 Å². The van der Waals surface area contributed by atoms with E-state index < -0.39 is 0 Å². The Hall–Kier alpha value is -11.4. The standard InChI is InChI=1S/2C40H23N5O.2Pt/c1-2-17-43-35(6-1)30-4-3-5-32(22-30)45-37-11-8-28(26-13-18-41-19-14-26)23-34(37)33-10-7-31(25-38(33)45)40-44-36-24-29(9-12-39(36)46-40)27-15-20-42-21-16-27;1-2-7-37-33(5-1)34-10-8-29(40-44-36-11-9-28(25-39(36)46-40)26-12-17-41-18-13-26)24-38(34)45(37)32-22-30(27-14-19-42-20-15-27)21-31(23-32)35-6-3-4-16-43-35;;/h1-21,23-24H;1-22,25H;;/q2*-2;2*+2. The topological polar surface area (TPSA) is 139 Å². The van der Waals surface area contributed by atoms with Gasteiger partial charge in [0.25, 0.3) is 0 Å². The first-order valence-electron chi connectivity index (χ1n) is 29.9. The van der Waals surface area contributed by atoms with Crippen molar-refractivity contribution in [2.75, 3.05) is 0 Å². The van der Waals surface area contributed by atoms with Crippen molar-refractivity contribution in [2.24, 2.45) is 0 Å². The van der Waals surface area contributed by atoms with E-state index in [0.29, 0.717) is 11.8 Å². The maximum atomic E-state index is 6.35. The molecule has 18 aromatic rings. The van der Waals surface area contributed by atoms with Crippen LogP contribution in [0.4, 0.5) is 0 Å². The van der Waals surface area contributed by atoms with Crippen molar-refractivity contribution >= 4 is 65.8 Å². The fraction of sp³-hybridized carbons (Fsp3) is 0. The molecule has 8 aromatic carbocycles. The Morgan fingerprint density at radius 1 is 0.287 bits per heavy atom. The average molecular weight is 1570 g/mol. The number of pyridine rings is 6. The fourth-order valence-corrected chi connectivity index (χ4v) is 12.1. The number of fused-ring (bicyclic) bond motifs is 8. The summed E-state index contributed by atoms with van der Waals surface area (Å²) in [5, 5.41) is 4.39. The molecule has 0 aliphatic rings. The van der Waals surface area contributed by atoms with Gasteiger partial charge in [-0.25, -0.2) is 0 Å². The predicted octanol–water partition coefficient (Wildman–Crippen LogP) is 18.8. The molecule has 0 atom stereocenters. The maximum Gasteiger partial charge on any atom is 2.00 e. The summed E-state index contributed by atoms with van der Waals surface area (Å²) in [6.45, 7) is 0. The molecule has 14 heteroatoms. The van der Waals surface area contributed by atoms with Crippen molar-refractivity contribution in [3.63, 3.8) is 0 Å². The van der Waals surface area contributed by atoms with Gasteiger partial charge < -0.3 is 27.9 Å². The van der Waals surface area contributed by atoms with Crippen LogP contribution in [0.25, 0.3) is 167 Å². The van der Waals surface area contributed by atoms with Gasteiger partial charge in [-0.15, -0.1) is 90.0 Å². The quantitative estimate of drug-likeness (QED) is 0.122. The molecule has 0 saturated carbocycles. The molecule has 18 rings (SSSR count). The molecule has 0 saturated heterocycles. The molecule has 0 bridgehead atoms. The first kappa shape index (κ1) is 58.9. The zero-order valence-corrected chi connectivity index (χ0v) is 54.0. The van der Waals surface area contributed by atoms with Gasteiger partial charge in [0.2, 0.25) is 0 Å². The molecule has 0 N–H and O–H groups in total. The second-order valence-electron chi connectivity index (χ2n) is 22.1. The van der Waals surface area contributed by atoms with E-state index in [1.54, 1.807) is 31.0 Å². The molecule has 448 valence electrons. The van der Waals surface area contributed by atoms with Crippen LogP contribution in [-0.4, -0.2) is 49.0 Å². The first-order chi connectivity index (χ1) is 45.6. The molecule has 0 aliphatic carbocycles. The Kier molecular flexibility index (Phi) is 15.9. The Morgan fingerprint density at radius 3 is 1.44 bits per heavy atom. The van der Waals surface area contributed by atoms with E-state index in [2.05, 4.69) is 142 Å². The van der Waals surface area contributed by atoms with E-state index in [1.807, 2.05) is 171 Å². The SMILES string of the molecule is [Pt+2].[Pt+2].[c-]1c(-c2ccccn2)cc(-c2ccncc2)cc1-n1c2[c-]c(-c3nc4ccc(-c5ccncc5)cc4o3)ccc2c2ccccc21.[c-]1c(-c2ccccn2)cccc1-n1c2[c-]c(-c3nc4cc(-c5ccncc5)ccc4o3)ccc2c2cc(-c3ccncc3)ccc21. The second-order valence-corrected chi connectivity index (χ2v) is 22.1. The van der Waals surface area contributed by atoms with Crippen LogP contribution in [-0.2, 0) is 42.1 Å². The molecule has 0 spiro atoms. The molecule has 0 unspecified atom stereocenters. The summed E-state index contributed by atoms with van der Waals surface area (Å²) >= 11 is 0. The Labute approximate surface area is 567 Å². The number of para-hydroxylation sites is 1. The molecular weight excluding hydrogens is 1520 g/mol. The molecule has 0 radical (unpaired) electrons. The summed E-state index contributed by atoms with van der Waals surface area (Å²) in [5.41, 5.74) is 22.4. The van der Waals surface area contributed by atoms with Crippen LogP contribution in [0, 0.1) is 24.3 Å². The van der Waals surface area contributed by atoms with Gasteiger partial charge in [0.05, 0.1) is 11.0 Å². The first-order valence-corrected chi connectivity index (χ1v) is 29.9. The Bertz CT molecular complexity index is 5710. The molecule has 0 amide bonds. The number of aromatic nitrogens is 10. The van der Waals surface area contributed by atoms with Crippen molar-refractivity contribution in [3.8, 4) is 101 Å². The molecule has 94 heavy (non-hydrogen) atoms. The van der Waals surface area contributed by atoms with E-state index in [1.165, 1.54) is 0 Å². The van der Waals surface area contributed by atoms with E-state index >= 15 is 0 Å². The van der Waals surface area contributed by atoms with Gasteiger partial charge in [0.15, 0.2) is 0 Å². The van der Waals surface area contributed by atoms with Crippen LogP contribution in [0.3, 0.4) is 0 Å². The smallest absolute Gasteiger partial charge is 0.481 e. The number of hydrogen-bond donors (Lipinski definition) is 0. The van der Waals surface area contributed by atoms with E-state index in [9.17, 15) is 0 Å². The molecule has 10 heterocycles. The summed E-state index contributed by atoms with van der Waals surface area (Å²) in [6.07, 6.45) is 18.0. The van der Waals surface area contributed by atoms with Crippen LogP contribution in [0.2, 0.25) is 0 Å². The third kappa shape index (κ3) is 11.1. The zero-order valence-electron chi connectivity index (χ0n) is 49.5. The van der Waals surface area contributed by atoms with Crippen molar-refractivity contribution in [3.05, 3.63) is 305 Å². The second kappa shape index (κ2) is 25.3. The van der Waals surface area contributed by atoms with Crippen LogP contribution in [0.15, 0.2) is 289 Å². The van der Waals surface area contributed by atoms with Crippen LogP contribution in [0.5, 0.6) is 0 Å². The molecule has 0 aliphatic heterocycles. The van der Waals surface area contributed by atoms with Crippen molar-refractivity contribution in [1.29, 1.82) is 0 Å². The summed E-state index contributed by atoms with van der Waals surface area (Å²) in [4.78, 5) is 35.7. The van der Waals surface area contributed by atoms with Gasteiger partial charge in [0.1, 0.15) is 22.9 Å².